The predicted molar refractivity (Wildman–Crippen MR) is 152 cm³/mol. The van der Waals surface area contributed by atoms with E-state index in [0.717, 1.165) is 47.8 Å². The molecular formula is C32H24F2S2. The molecule has 6 aromatic rings. The van der Waals surface area contributed by atoms with Gasteiger partial charge in [0.2, 0.25) is 0 Å². The molecule has 0 saturated heterocycles. The highest BCUT2D eigenvalue weighted by Crippen LogP contribution is 2.39. The minimum Gasteiger partial charge on any atom is -0.204 e. The van der Waals surface area contributed by atoms with Gasteiger partial charge in [0.05, 0.1) is 4.88 Å². The van der Waals surface area contributed by atoms with Gasteiger partial charge in [0.15, 0.2) is 11.6 Å². The summed E-state index contributed by atoms with van der Waals surface area (Å²) in [4.78, 5) is 2.53. The van der Waals surface area contributed by atoms with Gasteiger partial charge in [-0.25, -0.2) is 8.78 Å². The van der Waals surface area contributed by atoms with E-state index in [4.69, 9.17) is 0 Å². The van der Waals surface area contributed by atoms with Crippen LogP contribution in [0.2, 0.25) is 0 Å². The maximum atomic E-state index is 13.8. The van der Waals surface area contributed by atoms with E-state index in [-0.39, 0.29) is 0 Å². The van der Waals surface area contributed by atoms with Crippen LogP contribution in [-0.4, -0.2) is 0 Å². The van der Waals surface area contributed by atoms with Crippen molar-refractivity contribution in [2.45, 2.75) is 39.0 Å². The summed E-state index contributed by atoms with van der Waals surface area (Å²) >= 11 is 3.48. The highest BCUT2D eigenvalue weighted by molar-refractivity contribution is 7.26. The number of unbranched alkanes of at least 4 members (excludes halogenated alkanes) is 3. The molecule has 178 valence electrons. The molecule has 0 atom stereocenters. The zero-order chi connectivity index (χ0) is 24.6. The summed E-state index contributed by atoms with van der Waals surface area (Å²) in [5.74, 6) is 5.06. The van der Waals surface area contributed by atoms with Crippen LogP contribution in [0, 0.1) is 23.5 Å². The number of halogens is 2. The van der Waals surface area contributed by atoms with Crippen LogP contribution in [0.1, 0.15) is 47.9 Å². The van der Waals surface area contributed by atoms with Crippen LogP contribution in [-0.2, 0) is 6.42 Å². The molecule has 0 aliphatic rings. The molecule has 6 rings (SSSR count). The molecule has 0 N–H and O–H groups in total. The van der Waals surface area contributed by atoms with E-state index in [2.05, 4.69) is 61.2 Å². The SMILES string of the molecule is CCCCCCc1ccc(C#Cc2ccc3cc4c(cc3c2)sc2cc3cc(F)c(F)cc3cc24)s1. The molecule has 36 heavy (non-hydrogen) atoms. The second kappa shape index (κ2) is 9.65. The van der Waals surface area contributed by atoms with E-state index >= 15 is 0 Å². The quantitative estimate of drug-likeness (QED) is 0.160. The Morgan fingerprint density at radius 3 is 2.08 bits per heavy atom. The van der Waals surface area contributed by atoms with Crippen LogP contribution in [0.25, 0.3) is 41.7 Å². The number of fused-ring (bicyclic) bond motifs is 5. The Labute approximate surface area is 217 Å². The third-order valence-corrected chi connectivity index (χ3v) is 8.87. The monoisotopic (exact) mass is 510 g/mol. The summed E-state index contributed by atoms with van der Waals surface area (Å²) in [6.07, 6.45) is 6.27. The van der Waals surface area contributed by atoms with Crippen molar-refractivity contribution in [2.24, 2.45) is 0 Å². The van der Waals surface area contributed by atoms with E-state index in [1.807, 2.05) is 12.1 Å². The third-order valence-electron chi connectivity index (χ3n) is 6.70. The Hall–Kier alpha value is -3.26. The summed E-state index contributed by atoms with van der Waals surface area (Å²) in [6, 6.07) is 21.6. The molecule has 2 aromatic heterocycles. The Bertz CT molecular complexity index is 1810. The minimum absolute atomic E-state index is 0.713. The molecule has 0 unspecified atom stereocenters. The zero-order valence-electron chi connectivity index (χ0n) is 20.0. The second-order valence-electron chi connectivity index (χ2n) is 9.30. The van der Waals surface area contributed by atoms with Crippen molar-refractivity contribution >= 4 is 64.4 Å². The summed E-state index contributed by atoms with van der Waals surface area (Å²) in [5, 5.41) is 5.92. The molecular weight excluding hydrogens is 486 g/mol. The molecule has 0 bridgehead atoms. The van der Waals surface area contributed by atoms with Gasteiger partial charge < -0.3 is 0 Å². The average molecular weight is 511 g/mol. The molecule has 0 nitrogen and oxygen atoms in total. The molecule has 0 spiro atoms. The molecule has 2 heterocycles. The lowest BCUT2D eigenvalue weighted by atomic mass is 10.0. The van der Waals surface area contributed by atoms with E-state index in [0.29, 0.717) is 10.8 Å². The van der Waals surface area contributed by atoms with Gasteiger partial charge in [0.25, 0.3) is 0 Å². The Morgan fingerprint density at radius 1 is 0.639 bits per heavy atom. The van der Waals surface area contributed by atoms with Crippen LogP contribution in [0.3, 0.4) is 0 Å². The standard InChI is InChI=1S/C32H24F2S2/c1-2-3-4-5-6-25-11-12-26(35-25)10-8-20-7-9-21-14-27-28-15-23-16-29(33)30(34)17-24(23)19-32(28)36-31(27)18-22(21)13-20/h7,9,11-19H,2-6H2,1H3. The minimum atomic E-state index is -0.814. The van der Waals surface area contributed by atoms with Crippen molar-refractivity contribution in [3.8, 4) is 11.8 Å². The largest absolute Gasteiger partial charge is 0.204 e. The van der Waals surface area contributed by atoms with Crippen LogP contribution < -0.4 is 0 Å². The first-order chi connectivity index (χ1) is 17.6. The molecule has 0 amide bonds. The Kier molecular flexibility index (Phi) is 6.21. The first-order valence-electron chi connectivity index (χ1n) is 12.4. The van der Waals surface area contributed by atoms with E-state index in [9.17, 15) is 8.78 Å². The van der Waals surface area contributed by atoms with Gasteiger partial charge in [0.1, 0.15) is 0 Å². The van der Waals surface area contributed by atoms with Crippen LogP contribution in [0.15, 0.2) is 66.7 Å². The maximum Gasteiger partial charge on any atom is 0.159 e. The number of hydrogen-bond donors (Lipinski definition) is 0. The molecule has 0 saturated carbocycles. The first-order valence-corrected chi connectivity index (χ1v) is 14.0. The molecule has 4 heteroatoms. The number of thiophene rings is 2. The number of rotatable bonds is 5. The highest BCUT2D eigenvalue weighted by atomic mass is 32.1. The van der Waals surface area contributed by atoms with Crippen molar-refractivity contribution < 1.29 is 8.78 Å². The molecule has 0 aliphatic heterocycles. The van der Waals surface area contributed by atoms with Crippen molar-refractivity contribution in [2.75, 3.05) is 0 Å². The second-order valence-corrected chi connectivity index (χ2v) is 11.6. The fourth-order valence-corrected chi connectivity index (χ4v) is 6.84. The summed E-state index contributed by atoms with van der Waals surface area (Å²) < 4.78 is 29.8. The van der Waals surface area contributed by atoms with Crippen LogP contribution in [0.5, 0.6) is 0 Å². The van der Waals surface area contributed by atoms with Gasteiger partial charge in [0, 0.05) is 30.6 Å². The van der Waals surface area contributed by atoms with Gasteiger partial charge >= 0.3 is 0 Å². The molecule has 4 aromatic carbocycles. The van der Waals surface area contributed by atoms with Gasteiger partial charge in [-0.1, -0.05) is 44.1 Å². The van der Waals surface area contributed by atoms with Crippen molar-refractivity contribution in [1.82, 2.24) is 0 Å². The van der Waals surface area contributed by atoms with Crippen molar-refractivity contribution in [3.63, 3.8) is 0 Å². The molecule has 0 radical (unpaired) electrons. The van der Waals surface area contributed by atoms with Gasteiger partial charge in [-0.3, -0.25) is 0 Å². The third kappa shape index (κ3) is 4.50. The summed E-state index contributed by atoms with van der Waals surface area (Å²) in [7, 11) is 0. The maximum absolute atomic E-state index is 13.8. The fraction of sp³-hybridized carbons (Fsp3) is 0.188. The fourth-order valence-electron chi connectivity index (χ4n) is 4.78. The van der Waals surface area contributed by atoms with E-state index in [1.165, 1.54) is 42.7 Å². The van der Waals surface area contributed by atoms with E-state index in [1.54, 1.807) is 22.7 Å². The van der Waals surface area contributed by atoms with Crippen LogP contribution >= 0.6 is 22.7 Å². The Balaban J connectivity index is 1.32. The smallest absolute Gasteiger partial charge is 0.159 e. The Morgan fingerprint density at radius 2 is 1.33 bits per heavy atom. The summed E-state index contributed by atoms with van der Waals surface area (Å²) in [5.41, 5.74) is 0.998. The predicted octanol–water partition coefficient (Wildman–Crippen LogP) is 10.2. The average Bonchev–Trinajstić information content (AvgIpc) is 3.47. The highest BCUT2D eigenvalue weighted by Gasteiger charge is 2.11. The number of hydrogen-bond acceptors (Lipinski definition) is 2. The van der Waals surface area contributed by atoms with Crippen molar-refractivity contribution in [3.05, 3.63) is 93.7 Å². The summed E-state index contributed by atoms with van der Waals surface area (Å²) in [6.45, 7) is 2.24. The topological polar surface area (TPSA) is 0 Å². The van der Waals surface area contributed by atoms with Gasteiger partial charge in [-0.05, 0) is 95.1 Å². The molecule has 0 aliphatic carbocycles. The number of benzene rings is 4. The van der Waals surface area contributed by atoms with Gasteiger partial charge in [-0.15, -0.1) is 22.7 Å². The zero-order valence-corrected chi connectivity index (χ0v) is 21.6. The lowest BCUT2D eigenvalue weighted by molar-refractivity contribution is 0.511. The molecule has 0 fully saturated rings. The van der Waals surface area contributed by atoms with Gasteiger partial charge in [-0.2, -0.15) is 0 Å². The normalized spacial score (nSPS) is 11.5. The first kappa shape index (κ1) is 23.2. The number of aryl methyl sites for hydroxylation is 1. The lowest BCUT2D eigenvalue weighted by Gasteiger charge is -2.02. The lowest BCUT2D eigenvalue weighted by Crippen LogP contribution is -1.83. The van der Waals surface area contributed by atoms with Crippen molar-refractivity contribution in [1.29, 1.82) is 0 Å². The van der Waals surface area contributed by atoms with E-state index < -0.39 is 11.6 Å². The van der Waals surface area contributed by atoms with Crippen LogP contribution in [0.4, 0.5) is 8.78 Å².